The van der Waals surface area contributed by atoms with Crippen LogP contribution in [-0.4, -0.2) is 89.8 Å². The van der Waals surface area contributed by atoms with Gasteiger partial charge in [-0.1, -0.05) is 19.9 Å². The Kier molecular flexibility index (Phi) is 7.32. The Morgan fingerprint density at radius 2 is 1.70 bits per heavy atom. The summed E-state index contributed by atoms with van der Waals surface area (Å²) in [7, 11) is 2.15. The first-order valence-corrected chi connectivity index (χ1v) is 12.9. The molecule has 5 rings (SSSR count). The second kappa shape index (κ2) is 11.0. The summed E-state index contributed by atoms with van der Waals surface area (Å²) in [6, 6.07) is 14.1. The second-order valence-electron chi connectivity index (χ2n) is 10.0. The van der Waals surface area contributed by atoms with Crippen molar-refractivity contribution < 1.29 is 0 Å². The van der Waals surface area contributed by atoms with Gasteiger partial charge >= 0.3 is 0 Å². The molecule has 2 fully saturated rings. The van der Waals surface area contributed by atoms with Crippen molar-refractivity contribution in [2.45, 2.75) is 19.9 Å². The molecule has 192 valence electrons. The molecule has 2 aliphatic rings. The van der Waals surface area contributed by atoms with Gasteiger partial charge in [-0.2, -0.15) is 5.26 Å². The van der Waals surface area contributed by atoms with Gasteiger partial charge in [-0.3, -0.25) is 10.3 Å². The summed E-state index contributed by atoms with van der Waals surface area (Å²) in [5.74, 6) is 2.72. The van der Waals surface area contributed by atoms with Crippen LogP contribution in [0.25, 0.3) is 10.9 Å². The van der Waals surface area contributed by atoms with Gasteiger partial charge in [0.1, 0.15) is 0 Å². The van der Waals surface area contributed by atoms with E-state index in [9.17, 15) is 5.26 Å². The number of nitrogens with one attached hydrogen (secondary N) is 1. The van der Waals surface area contributed by atoms with Gasteiger partial charge in [0.2, 0.25) is 5.96 Å². The molecule has 1 N–H and O–H groups in total. The van der Waals surface area contributed by atoms with E-state index in [1.165, 1.54) is 0 Å². The van der Waals surface area contributed by atoms with Gasteiger partial charge < -0.3 is 19.6 Å². The van der Waals surface area contributed by atoms with Crippen molar-refractivity contribution in [3.8, 4) is 6.19 Å². The fourth-order valence-corrected chi connectivity index (χ4v) is 5.06. The summed E-state index contributed by atoms with van der Waals surface area (Å²) in [5.41, 5.74) is 1.67. The lowest BCUT2D eigenvalue weighted by molar-refractivity contribution is 0.220. The third kappa shape index (κ3) is 5.42. The number of piperazine rings is 2. The monoisotopic (exact) mass is 498 g/mol. The molecule has 4 heterocycles. The normalized spacial score (nSPS) is 19.4. The summed E-state index contributed by atoms with van der Waals surface area (Å²) in [5, 5.41) is 22.5. The van der Waals surface area contributed by atoms with E-state index in [1.807, 2.05) is 30.3 Å². The van der Waals surface area contributed by atoms with Crippen LogP contribution in [0.5, 0.6) is 0 Å². The maximum Gasteiger partial charge on any atom is 0.213 e. The van der Waals surface area contributed by atoms with Crippen LogP contribution in [0.15, 0.2) is 53.7 Å². The average molecular weight is 499 g/mol. The summed E-state index contributed by atoms with van der Waals surface area (Å²) in [6.07, 6.45) is 3.87. The number of rotatable bonds is 4. The highest BCUT2D eigenvalue weighted by atomic mass is 15.4. The second-order valence-corrected chi connectivity index (χ2v) is 10.0. The van der Waals surface area contributed by atoms with E-state index < -0.39 is 0 Å². The first kappa shape index (κ1) is 24.7. The molecule has 0 bridgehead atoms. The number of aromatic nitrogens is 3. The number of fused-ring (bicyclic) bond motifs is 1. The van der Waals surface area contributed by atoms with Crippen molar-refractivity contribution in [2.24, 2.45) is 10.9 Å². The zero-order valence-electron chi connectivity index (χ0n) is 21.7. The smallest absolute Gasteiger partial charge is 0.213 e. The third-order valence-corrected chi connectivity index (χ3v) is 7.26. The van der Waals surface area contributed by atoms with Crippen LogP contribution in [0.2, 0.25) is 0 Å². The van der Waals surface area contributed by atoms with E-state index in [-0.39, 0.29) is 6.04 Å². The molecular formula is C27H34N10. The molecule has 0 amide bonds. The molecule has 1 aromatic carbocycles. The van der Waals surface area contributed by atoms with E-state index in [2.05, 4.69) is 79.3 Å². The number of likely N-dealkylation sites (N-methyl/N-ethyl adjacent to an activating group) is 1. The van der Waals surface area contributed by atoms with Gasteiger partial charge in [0, 0.05) is 57.4 Å². The van der Waals surface area contributed by atoms with Gasteiger partial charge in [-0.15, -0.1) is 10.2 Å². The minimum Gasteiger partial charge on any atom is -0.353 e. The molecule has 0 radical (unpaired) electrons. The zero-order valence-corrected chi connectivity index (χ0v) is 21.7. The summed E-state index contributed by atoms with van der Waals surface area (Å²) < 4.78 is 0. The minimum absolute atomic E-state index is 0.139. The lowest BCUT2D eigenvalue weighted by Gasteiger charge is -2.44. The predicted octanol–water partition coefficient (Wildman–Crippen LogP) is 2.68. The molecule has 2 aliphatic heterocycles. The van der Waals surface area contributed by atoms with Crippen molar-refractivity contribution in [3.63, 3.8) is 0 Å². The Bertz CT molecular complexity index is 1270. The van der Waals surface area contributed by atoms with Gasteiger partial charge in [-0.05, 0) is 49.4 Å². The van der Waals surface area contributed by atoms with Crippen LogP contribution < -0.4 is 15.1 Å². The SMILES string of the molecule is CC(C)C1CN(c2ccc(N3CCN(C)CC3)nn2)CCN1C(=Nc1cccc2ncccc12)NC#N. The third-order valence-electron chi connectivity index (χ3n) is 7.26. The fourth-order valence-electron chi connectivity index (χ4n) is 5.06. The molecule has 1 unspecified atom stereocenters. The van der Waals surface area contributed by atoms with Crippen molar-refractivity contribution in [2.75, 3.05) is 62.7 Å². The Labute approximate surface area is 218 Å². The van der Waals surface area contributed by atoms with Crippen molar-refractivity contribution in [1.82, 2.24) is 30.3 Å². The number of nitriles is 1. The van der Waals surface area contributed by atoms with E-state index in [0.717, 1.165) is 67.5 Å². The molecule has 0 spiro atoms. The van der Waals surface area contributed by atoms with Crippen LogP contribution in [-0.2, 0) is 0 Å². The number of aliphatic imine (C=N–C) groups is 1. The van der Waals surface area contributed by atoms with Crippen LogP contribution in [0.4, 0.5) is 17.3 Å². The Morgan fingerprint density at radius 3 is 2.41 bits per heavy atom. The maximum atomic E-state index is 9.55. The lowest BCUT2D eigenvalue weighted by Crippen LogP contribution is -2.59. The van der Waals surface area contributed by atoms with Gasteiger partial charge in [0.15, 0.2) is 17.8 Å². The highest BCUT2D eigenvalue weighted by Crippen LogP contribution is 2.27. The predicted molar refractivity (Wildman–Crippen MR) is 147 cm³/mol. The van der Waals surface area contributed by atoms with Gasteiger partial charge in [0.05, 0.1) is 17.2 Å². The number of benzene rings is 1. The standard InChI is InChI=1S/C27H34N10/c1-20(2)24-18-36(26-10-9-25(32-33-26)35-14-12-34(3)13-15-35)16-17-37(24)27(30-19-28)31-23-8-4-7-22-21(23)6-5-11-29-22/h4-11,20,24H,12-18H2,1-3H3,(H,30,31). The number of hydrogen-bond donors (Lipinski definition) is 1. The molecule has 2 aromatic heterocycles. The maximum absolute atomic E-state index is 9.55. The average Bonchev–Trinajstić information content (AvgIpc) is 2.93. The topological polar surface area (TPSA) is 99.8 Å². The van der Waals surface area contributed by atoms with Gasteiger partial charge in [0.25, 0.3) is 0 Å². The van der Waals surface area contributed by atoms with Crippen molar-refractivity contribution in [1.29, 1.82) is 5.26 Å². The summed E-state index contributed by atoms with van der Waals surface area (Å²) in [4.78, 5) is 18.5. The first-order valence-electron chi connectivity index (χ1n) is 12.9. The summed E-state index contributed by atoms with van der Waals surface area (Å²) in [6.45, 7) is 10.7. The molecule has 0 aliphatic carbocycles. The summed E-state index contributed by atoms with van der Waals surface area (Å²) >= 11 is 0. The molecule has 10 heteroatoms. The Hall–Kier alpha value is -3.97. The molecule has 10 nitrogen and oxygen atoms in total. The van der Waals surface area contributed by atoms with E-state index in [1.54, 1.807) is 6.20 Å². The van der Waals surface area contributed by atoms with Gasteiger partial charge in [-0.25, -0.2) is 4.99 Å². The number of anilines is 2. The number of pyridine rings is 1. The molecular weight excluding hydrogens is 464 g/mol. The minimum atomic E-state index is 0.139. The van der Waals surface area contributed by atoms with E-state index in [4.69, 9.17) is 4.99 Å². The highest BCUT2D eigenvalue weighted by molar-refractivity contribution is 5.94. The zero-order chi connectivity index (χ0) is 25.8. The van der Waals surface area contributed by atoms with E-state index >= 15 is 0 Å². The van der Waals surface area contributed by atoms with Crippen LogP contribution in [0.3, 0.4) is 0 Å². The molecule has 3 aromatic rings. The quantitative estimate of drug-likeness (QED) is 0.252. The first-order chi connectivity index (χ1) is 18.0. The molecule has 1 atom stereocenters. The lowest BCUT2D eigenvalue weighted by atomic mass is 9.99. The van der Waals surface area contributed by atoms with E-state index in [0.29, 0.717) is 18.4 Å². The fraction of sp³-hybridized carbons (Fsp3) is 0.444. The van der Waals surface area contributed by atoms with Crippen LogP contribution in [0, 0.1) is 17.4 Å². The van der Waals surface area contributed by atoms with Crippen LogP contribution in [0.1, 0.15) is 13.8 Å². The van der Waals surface area contributed by atoms with Crippen molar-refractivity contribution >= 4 is 34.2 Å². The van der Waals surface area contributed by atoms with Crippen molar-refractivity contribution in [3.05, 3.63) is 48.7 Å². The number of hydrogen-bond acceptors (Lipinski definition) is 8. The highest BCUT2D eigenvalue weighted by Gasteiger charge is 2.32. The number of guanidine groups is 1. The molecule has 0 saturated carbocycles. The Balaban J connectivity index is 1.36. The van der Waals surface area contributed by atoms with Crippen LogP contribution >= 0.6 is 0 Å². The molecule has 2 saturated heterocycles. The largest absolute Gasteiger partial charge is 0.353 e. The number of nitrogens with zero attached hydrogens (tertiary/aromatic N) is 9. The molecule has 37 heavy (non-hydrogen) atoms. The Morgan fingerprint density at radius 1 is 0.973 bits per heavy atom.